The van der Waals surface area contributed by atoms with Crippen LogP contribution in [-0.2, 0) is 4.74 Å². The highest BCUT2D eigenvalue weighted by Crippen LogP contribution is 2.24. The predicted octanol–water partition coefficient (Wildman–Crippen LogP) is -1.40. The van der Waals surface area contributed by atoms with E-state index in [1.807, 2.05) is 0 Å². The van der Waals surface area contributed by atoms with Crippen molar-refractivity contribution in [1.29, 1.82) is 0 Å². The van der Waals surface area contributed by atoms with Crippen molar-refractivity contribution < 1.29 is 30.3 Å². The average molecular weight is 271 g/mol. The number of phenolic OH excluding ortho intramolecular Hbond substituents is 1. The second-order valence-corrected chi connectivity index (χ2v) is 4.44. The van der Waals surface area contributed by atoms with E-state index in [9.17, 15) is 20.4 Å². The number of benzene rings is 1. The van der Waals surface area contributed by atoms with E-state index >= 15 is 0 Å². The van der Waals surface area contributed by atoms with Crippen molar-refractivity contribution in [3.8, 4) is 5.75 Å². The molecule has 0 saturated carbocycles. The highest BCUT2D eigenvalue weighted by atomic mass is 16.6. The van der Waals surface area contributed by atoms with Crippen LogP contribution in [0.3, 0.4) is 0 Å². The van der Waals surface area contributed by atoms with E-state index in [1.165, 1.54) is 12.1 Å². The van der Waals surface area contributed by atoms with Crippen LogP contribution in [-0.4, -0.2) is 62.8 Å². The molecule has 0 unspecified atom stereocenters. The first-order valence-corrected chi connectivity index (χ1v) is 5.89. The number of aliphatic hydroxyl groups is 4. The van der Waals surface area contributed by atoms with Crippen LogP contribution in [0, 0.1) is 0 Å². The molecule has 0 aliphatic carbocycles. The predicted molar refractivity (Wildman–Crippen MR) is 65.5 cm³/mol. The van der Waals surface area contributed by atoms with Crippen molar-refractivity contribution in [1.82, 2.24) is 0 Å². The van der Waals surface area contributed by atoms with Gasteiger partial charge in [0.15, 0.2) is 6.23 Å². The molecule has 0 aromatic heterocycles. The van der Waals surface area contributed by atoms with Crippen molar-refractivity contribution in [2.45, 2.75) is 30.6 Å². The van der Waals surface area contributed by atoms with E-state index in [1.54, 1.807) is 12.1 Å². The molecule has 19 heavy (non-hydrogen) atoms. The third-order valence-electron chi connectivity index (χ3n) is 3.05. The van der Waals surface area contributed by atoms with Crippen LogP contribution in [0.4, 0.5) is 5.69 Å². The normalized spacial score (nSPS) is 35.1. The molecule has 0 amide bonds. The molecule has 2 rings (SSSR count). The Bertz CT molecular complexity index is 426. The zero-order chi connectivity index (χ0) is 14.0. The lowest BCUT2D eigenvalue weighted by Crippen LogP contribution is -2.60. The lowest BCUT2D eigenvalue weighted by atomic mass is 9.98. The Morgan fingerprint density at radius 1 is 1.11 bits per heavy atom. The largest absolute Gasteiger partial charge is 0.508 e. The molecular formula is C12H17NO6. The van der Waals surface area contributed by atoms with Crippen molar-refractivity contribution in [2.24, 2.45) is 0 Å². The quantitative estimate of drug-likeness (QED) is 0.400. The molecule has 1 saturated heterocycles. The van der Waals surface area contributed by atoms with Crippen LogP contribution < -0.4 is 5.32 Å². The monoisotopic (exact) mass is 271 g/mol. The second-order valence-electron chi connectivity index (χ2n) is 4.44. The molecule has 1 aromatic rings. The SMILES string of the molecule is OC[C@@H]1O[C@H](Nc2cccc(O)c2)[C@@H](O)[C@@H](O)[C@H]1O. The molecule has 6 N–H and O–H groups in total. The maximum Gasteiger partial charge on any atom is 0.157 e. The van der Waals surface area contributed by atoms with Crippen molar-refractivity contribution >= 4 is 5.69 Å². The molecule has 1 aromatic carbocycles. The standard InChI is InChI=1S/C12H17NO6/c14-5-8-9(16)10(17)11(18)12(19-8)13-6-2-1-3-7(15)4-6/h1-4,8-18H,5H2/t8-,9-,10-,11-,12-/m0/s1. The molecule has 1 heterocycles. The molecule has 5 atom stereocenters. The lowest BCUT2D eigenvalue weighted by molar-refractivity contribution is -0.221. The molecule has 1 aliphatic rings. The Hall–Kier alpha value is -1.38. The van der Waals surface area contributed by atoms with Gasteiger partial charge in [0.1, 0.15) is 30.2 Å². The van der Waals surface area contributed by atoms with Gasteiger partial charge in [0.05, 0.1) is 6.61 Å². The van der Waals surface area contributed by atoms with Gasteiger partial charge in [0.25, 0.3) is 0 Å². The highest BCUT2D eigenvalue weighted by molar-refractivity contribution is 5.48. The molecule has 0 bridgehead atoms. The zero-order valence-electron chi connectivity index (χ0n) is 10.0. The van der Waals surface area contributed by atoms with Crippen LogP contribution in [0.25, 0.3) is 0 Å². The minimum absolute atomic E-state index is 0.0367. The fourth-order valence-electron chi connectivity index (χ4n) is 1.98. The Kier molecular flexibility index (Phi) is 4.23. The van der Waals surface area contributed by atoms with E-state index in [2.05, 4.69) is 5.32 Å². The molecule has 7 nitrogen and oxygen atoms in total. The fraction of sp³-hybridized carbons (Fsp3) is 0.500. The van der Waals surface area contributed by atoms with Gasteiger partial charge < -0.3 is 35.6 Å². The Balaban J connectivity index is 2.10. The summed E-state index contributed by atoms with van der Waals surface area (Å²) in [6.07, 6.45) is -6.14. The summed E-state index contributed by atoms with van der Waals surface area (Å²) in [5.41, 5.74) is 0.476. The average Bonchev–Trinajstić information content (AvgIpc) is 2.39. The van der Waals surface area contributed by atoms with Gasteiger partial charge in [-0.05, 0) is 12.1 Å². The van der Waals surface area contributed by atoms with E-state index < -0.39 is 37.3 Å². The highest BCUT2D eigenvalue weighted by Gasteiger charge is 2.43. The maximum absolute atomic E-state index is 9.81. The Labute approximate surface area is 109 Å². The van der Waals surface area contributed by atoms with Crippen molar-refractivity contribution in [3.05, 3.63) is 24.3 Å². The molecular weight excluding hydrogens is 254 g/mol. The van der Waals surface area contributed by atoms with Gasteiger partial charge in [-0.3, -0.25) is 0 Å². The molecule has 1 aliphatic heterocycles. The first-order valence-electron chi connectivity index (χ1n) is 5.89. The number of hydrogen-bond donors (Lipinski definition) is 6. The number of aliphatic hydroxyl groups excluding tert-OH is 4. The first kappa shape index (κ1) is 14.0. The van der Waals surface area contributed by atoms with Crippen LogP contribution in [0.15, 0.2) is 24.3 Å². The van der Waals surface area contributed by atoms with Crippen molar-refractivity contribution in [3.63, 3.8) is 0 Å². The first-order chi connectivity index (χ1) is 9.02. The molecule has 7 heteroatoms. The van der Waals surface area contributed by atoms with Crippen LogP contribution in [0.5, 0.6) is 5.75 Å². The van der Waals surface area contributed by atoms with Gasteiger partial charge in [0, 0.05) is 11.8 Å². The summed E-state index contributed by atoms with van der Waals surface area (Å²) < 4.78 is 5.27. The summed E-state index contributed by atoms with van der Waals surface area (Å²) in [6, 6.07) is 6.14. The topological polar surface area (TPSA) is 122 Å². The summed E-state index contributed by atoms with van der Waals surface area (Å²) >= 11 is 0. The molecule has 0 radical (unpaired) electrons. The number of rotatable bonds is 3. The third kappa shape index (κ3) is 2.96. The summed E-state index contributed by atoms with van der Waals surface area (Å²) in [4.78, 5) is 0. The smallest absolute Gasteiger partial charge is 0.157 e. The van der Waals surface area contributed by atoms with Crippen LogP contribution in [0.2, 0.25) is 0 Å². The Morgan fingerprint density at radius 2 is 1.84 bits per heavy atom. The van der Waals surface area contributed by atoms with Gasteiger partial charge in [-0.15, -0.1) is 0 Å². The van der Waals surface area contributed by atoms with Gasteiger partial charge in [-0.25, -0.2) is 0 Å². The summed E-state index contributed by atoms with van der Waals surface area (Å²) in [6.45, 7) is -0.483. The van der Waals surface area contributed by atoms with Gasteiger partial charge in [-0.1, -0.05) is 6.07 Å². The van der Waals surface area contributed by atoms with E-state index in [-0.39, 0.29) is 5.75 Å². The molecule has 1 fully saturated rings. The zero-order valence-corrected chi connectivity index (χ0v) is 10.0. The van der Waals surface area contributed by atoms with E-state index in [4.69, 9.17) is 9.84 Å². The van der Waals surface area contributed by atoms with Gasteiger partial charge >= 0.3 is 0 Å². The van der Waals surface area contributed by atoms with Crippen LogP contribution in [0.1, 0.15) is 0 Å². The van der Waals surface area contributed by atoms with E-state index in [0.29, 0.717) is 5.69 Å². The van der Waals surface area contributed by atoms with Crippen LogP contribution >= 0.6 is 0 Å². The number of nitrogens with one attached hydrogen (secondary N) is 1. The fourth-order valence-corrected chi connectivity index (χ4v) is 1.98. The Morgan fingerprint density at radius 3 is 2.47 bits per heavy atom. The minimum Gasteiger partial charge on any atom is -0.508 e. The van der Waals surface area contributed by atoms with E-state index in [0.717, 1.165) is 0 Å². The third-order valence-corrected chi connectivity index (χ3v) is 3.05. The minimum atomic E-state index is -1.43. The molecule has 106 valence electrons. The van der Waals surface area contributed by atoms with Crippen molar-refractivity contribution in [2.75, 3.05) is 11.9 Å². The number of aromatic hydroxyl groups is 1. The van der Waals surface area contributed by atoms with Gasteiger partial charge in [0.2, 0.25) is 0 Å². The summed E-state index contributed by atoms with van der Waals surface area (Å²) in [7, 11) is 0. The summed E-state index contributed by atoms with van der Waals surface area (Å²) in [5, 5.41) is 50.2. The number of ether oxygens (including phenoxy) is 1. The van der Waals surface area contributed by atoms with Gasteiger partial charge in [-0.2, -0.15) is 0 Å². The lowest BCUT2D eigenvalue weighted by Gasteiger charge is -2.40. The molecule has 0 spiro atoms. The number of hydrogen-bond acceptors (Lipinski definition) is 7. The summed E-state index contributed by atoms with van der Waals surface area (Å²) in [5.74, 6) is 0.0367. The number of anilines is 1. The number of phenols is 1. The maximum atomic E-state index is 9.81. The second kappa shape index (κ2) is 5.72.